The Morgan fingerprint density at radius 2 is 2.16 bits per heavy atom. The molecular weight excluding hydrogens is 268 g/mol. The van der Waals surface area contributed by atoms with Gasteiger partial charge < -0.3 is 16.2 Å². The molecule has 5 nitrogen and oxygen atoms in total. The Morgan fingerprint density at radius 3 is 2.74 bits per heavy atom. The van der Waals surface area contributed by atoms with E-state index in [1.807, 2.05) is 0 Å². The van der Waals surface area contributed by atoms with Gasteiger partial charge in [0, 0.05) is 10.9 Å². The van der Waals surface area contributed by atoms with Crippen LogP contribution in [0.25, 0.3) is 0 Å². The summed E-state index contributed by atoms with van der Waals surface area (Å²) in [6, 6.07) is 4.27. The third kappa shape index (κ3) is 4.54. The predicted molar refractivity (Wildman–Crippen MR) is 74.5 cm³/mol. The van der Waals surface area contributed by atoms with Crippen LogP contribution in [-0.2, 0) is 4.79 Å². The van der Waals surface area contributed by atoms with Crippen molar-refractivity contribution < 1.29 is 14.7 Å². The number of carboxylic acid groups (broad SMARTS) is 1. The summed E-state index contributed by atoms with van der Waals surface area (Å²) < 4.78 is 0. The first kappa shape index (κ1) is 15.5. The third-order valence-electron chi connectivity index (χ3n) is 2.76. The predicted octanol–water partition coefficient (Wildman–Crippen LogP) is 2.35. The number of aromatic carboxylic acids is 1. The van der Waals surface area contributed by atoms with Gasteiger partial charge in [0.05, 0.1) is 11.3 Å². The van der Waals surface area contributed by atoms with Gasteiger partial charge in [-0.2, -0.15) is 0 Å². The van der Waals surface area contributed by atoms with Gasteiger partial charge in [0.15, 0.2) is 0 Å². The third-order valence-corrected chi connectivity index (χ3v) is 2.99. The lowest BCUT2D eigenvalue weighted by atomic mass is 10.0. The molecule has 0 aliphatic carbocycles. The van der Waals surface area contributed by atoms with E-state index in [-0.39, 0.29) is 23.1 Å². The molecule has 0 aromatic heterocycles. The molecule has 1 rings (SSSR count). The number of benzene rings is 1. The number of nitrogens with one attached hydrogen (secondary N) is 1. The summed E-state index contributed by atoms with van der Waals surface area (Å²) in [6.07, 6.45) is 1.40. The van der Waals surface area contributed by atoms with Gasteiger partial charge in [-0.3, -0.25) is 4.79 Å². The first-order chi connectivity index (χ1) is 8.95. The fourth-order valence-electron chi connectivity index (χ4n) is 1.62. The van der Waals surface area contributed by atoms with Gasteiger partial charge in [0.1, 0.15) is 0 Å². The Bertz CT molecular complexity index is 477. The number of carbonyl (C=O) groups is 2. The van der Waals surface area contributed by atoms with Crippen molar-refractivity contribution in [2.75, 3.05) is 11.9 Å². The molecule has 1 atom stereocenters. The van der Waals surface area contributed by atoms with E-state index in [0.717, 1.165) is 6.42 Å². The molecule has 0 aliphatic rings. The highest BCUT2D eigenvalue weighted by molar-refractivity contribution is 6.31. The largest absolute Gasteiger partial charge is 0.478 e. The highest BCUT2D eigenvalue weighted by Crippen LogP contribution is 2.22. The van der Waals surface area contributed by atoms with Crippen molar-refractivity contribution in [2.24, 2.45) is 11.7 Å². The van der Waals surface area contributed by atoms with Crippen molar-refractivity contribution in [1.82, 2.24) is 0 Å². The summed E-state index contributed by atoms with van der Waals surface area (Å²) in [5, 5.41) is 12.0. The molecular formula is C13H17ClN2O3. The summed E-state index contributed by atoms with van der Waals surface area (Å²) in [6.45, 7) is 2.30. The van der Waals surface area contributed by atoms with Crippen LogP contribution in [0.2, 0.25) is 5.02 Å². The molecule has 1 aromatic rings. The van der Waals surface area contributed by atoms with Crippen molar-refractivity contribution in [3.05, 3.63) is 28.8 Å². The van der Waals surface area contributed by atoms with Crippen LogP contribution < -0.4 is 11.1 Å². The van der Waals surface area contributed by atoms with E-state index in [0.29, 0.717) is 18.0 Å². The van der Waals surface area contributed by atoms with E-state index < -0.39 is 5.97 Å². The Hall–Kier alpha value is -1.59. The zero-order chi connectivity index (χ0) is 14.4. The number of rotatable bonds is 6. The molecule has 6 heteroatoms. The van der Waals surface area contributed by atoms with Gasteiger partial charge in [-0.05, 0) is 37.6 Å². The lowest BCUT2D eigenvalue weighted by Gasteiger charge is -2.13. The Kier molecular flexibility index (Phi) is 5.79. The summed E-state index contributed by atoms with van der Waals surface area (Å²) in [5.41, 5.74) is 5.62. The highest BCUT2D eigenvalue weighted by atomic mass is 35.5. The van der Waals surface area contributed by atoms with E-state index in [1.165, 1.54) is 18.2 Å². The van der Waals surface area contributed by atoms with Crippen LogP contribution in [0.4, 0.5) is 5.69 Å². The van der Waals surface area contributed by atoms with Gasteiger partial charge in [-0.1, -0.05) is 18.5 Å². The zero-order valence-corrected chi connectivity index (χ0v) is 11.4. The number of nitrogens with two attached hydrogens (primary N) is 1. The molecule has 0 aliphatic heterocycles. The van der Waals surface area contributed by atoms with Crippen molar-refractivity contribution >= 4 is 29.2 Å². The molecule has 1 amide bonds. The summed E-state index contributed by atoms with van der Waals surface area (Å²) in [4.78, 5) is 23.0. The van der Waals surface area contributed by atoms with Gasteiger partial charge >= 0.3 is 5.97 Å². The van der Waals surface area contributed by atoms with E-state index in [9.17, 15) is 9.59 Å². The van der Waals surface area contributed by atoms with Crippen LogP contribution in [-0.4, -0.2) is 23.5 Å². The van der Waals surface area contributed by atoms with Crippen LogP contribution >= 0.6 is 11.6 Å². The van der Waals surface area contributed by atoms with Crippen molar-refractivity contribution in [1.29, 1.82) is 0 Å². The highest BCUT2D eigenvalue weighted by Gasteiger charge is 2.16. The van der Waals surface area contributed by atoms with Crippen molar-refractivity contribution in [3.8, 4) is 0 Å². The number of hydrogen-bond donors (Lipinski definition) is 3. The molecule has 19 heavy (non-hydrogen) atoms. The molecule has 0 radical (unpaired) electrons. The molecule has 1 aromatic carbocycles. The number of anilines is 1. The van der Waals surface area contributed by atoms with Crippen LogP contribution in [0.5, 0.6) is 0 Å². The molecule has 1 unspecified atom stereocenters. The Labute approximate surface area is 116 Å². The van der Waals surface area contributed by atoms with E-state index in [4.69, 9.17) is 22.4 Å². The average molecular weight is 285 g/mol. The second kappa shape index (κ2) is 7.11. The second-order valence-corrected chi connectivity index (χ2v) is 4.75. The normalized spacial score (nSPS) is 11.9. The molecule has 4 N–H and O–H groups in total. The maximum atomic E-state index is 11.9. The van der Waals surface area contributed by atoms with Crippen LogP contribution in [0.3, 0.4) is 0 Å². The molecule has 104 valence electrons. The summed E-state index contributed by atoms with van der Waals surface area (Å²) >= 11 is 5.81. The molecule has 0 bridgehead atoms. The van der Waals surface area contributed by atoms with Gasteiger partial charge in [0.2, 0.25) is 5.91 Å². The SMILES string of the molecule is CC(CCCN)C(=O)Nc1cc(Cl)ccc1C(=O)O. The summed E-state index contributed by atoms with van der Waals surface area (Å²) in [5.74, 6) is -1.58. The fraction of sp³-hybridized carbons (Fsp3) is 0.385. The molecule has 0 heterocycles. The van der Waals surface area contributed by atoms with Crippen LogP contribution in [0.15, 0.2) is 18.2 Å². The standard InChI is InChI=1S/C13H17ClN2O3/c1-8(3-2-6-15)12(17)16-11-7-9(14)4-5-10(11)13(18)19/h4-5,7-8H,2-3,6,15H2,1H3,(H,16,17)(H,18,19). The smallest absolute Gasteiger partial charge is 0.337 e. The minimum Gasteiger partial charge on any atom is -0.478 e. The Morgan fingerprint density at radius 1 is 1.47 bits per heavy atom. The molecule has 0 saturated heterocycles. The van der Waals surface area contributed by atoms with Gasteiger partial charge in [-0.25, -0.2) is 4.79 Å². The van der Waals surface area contributed by atoms with Crippen LogP contribution in [0.1, 0.15) is 30.1 Å². The van der Waals surface area contributed by atoms with Crippen molar-refractivity contribution in [2.45, 2.75) is 19.8 Å². The van der Waals surface area contributed by atoms with Crippen molar-refractivity contribution in [3.63, 3.8) is 0 Å². The van der Waals surface area contributed by atoms with Crippen LogP contribution in [0, 0.1) is 5.92 Å². The van der Waals surface area contributed by atoms with Gasteiger partial charge in [-0.15, -0.1) is 0 Å². The topological polar surface area (TPSA) is 92.4 Å². The maximum absolute atomic E-state index is 11.9. The quantitative estimate of drug-likeness (QED) is 0.747. The number of halogens is 1. The van der Waals surface area contributed by atoms with E-state index in [2.05, 4.69) is 5.32 Å². The van der Waals surface area contributed by atoms with E-state index in [1.54, 1.807) is 6.92 Å². The van der Waals surface area contributed by atoms with E-state index >= 15 is 0 Å². The number of carbonyl (C=O) groups excluding carboxylic acids is 1. The minimum atomic E-state index is -1.11. The molecule has 0 fully saturated rings. The maximum Gasteiger partial charge on any atom is 0.337 e. The Balaban J connectivity index is 2.83. The molecule has 0 spiro atoms. The lowest BCUT2D eigenvalue weighted by Crippen LogP contribution is -2.22. The zero-order valence-electron chi connectivity index (χ0n) is 10.6. The average Bonchev–Trinajstić information content (AvgIpc) is 2.35. The molecule has 0 saturated carbocycles. The monoisotopic (exact) mass is 284 g/mol. The second-order valence-electron chi connectivity index (χ2n) is 4.32. The lowest BCUT2D eigenvalue weighted by molar-refractivity contribution is -0.119. The minimum absolute atomic E-state index is 0.0174. The number of amides is 1. The first-order valence-electron chi connectivity index (χ1n) is 5.99. The summed E-state index contributed by atoms with van der Waals surface area (Å²) in [7, 11) is 0. The fourth-order valence-corrected chi connectivity index (χ4v) is 1.79. The number of hydrogen-bond acceptors (Lipinski definition) is 3. The first-order valence-corrected chi connectivity index (χ1v) is 6.37. The number of carboxylic acids is 1. The van der Waals surface area contributed by atoms with Gasteiger partial charge in [0.25, 0.3) is 0 Å².